The molecule has 0 spiro atoms. The number of carbonyl (C=O) groups excluding carboxylic acids is 1. The Hall–Kier alpha value is -2.26. The van der Waals surface area contributed by atoms with Gasteiger partial charge in [0, 0.05) is 23.0 Å². The van der Waals surface area contributed by atoms with E-state index in [1.165, 1.54) is 36.0 Å². The second-order valence-electron chi connectivity index (χ2n) is 5.75. The van der Waals surface area contributed by atoms with Crippen molar-refractivity contribution in [2.75, 3.05) is 15.8 Å². The smallest absolute Gasteiger partial charge is 0.263 e. The van der Waals surface area contributed by atoms with Gasteiger partial charge in [0.05, 0.1) is 21.5 Å². The molecule has 3 aromatic rings. The summed E-state index contributed by atoms with van der Waals surface area (Å²) in [5.41, 5.74) is 0.544. The van der Waals surface area contributed by atoms with E-state index in [2.05, 4.69) is 15.0 Å². The summed E-state index contributed by atoms with van der Waals surface area (Å²) < 4.78 is 27.9. The van der Waals surface area contributed by atoms with Crippen molar-refractivity contribution in [3.63, 3.8) is 0 Å². The minimum atomic E-state index is -4.01. The monoisotopic (exact) mass is 467 g/mol. The number of benzene rings is 2. The third kappa shape index (κ3) is 5.86. The predicted octanol–water partition coefficient (Wildman–Crippen LogP) is 4.92. The van der Waals surface area contributed by atoms with Crippen molar-refractivity contribution < 1.29 is 13.2 Å². The molecule has 0 radical (unpaired) electrons. The fourth-order valence-corrected chi connectivity index (χ4v) is 4.84. The molecule has 1 heterocycles. The van der Waals surface area contributed by atoms with Crippen molar-refractivity contribution in [1.29, 1.82) is 0 Å². The van der Waals surface area contributed by atoms with Crippen LogP contribution in [0.2, 0.25) is 10.0 Å². The molecule has 2 N–H and O–H groups in total. The lowest BCUT2D eigenvalue weighted by Gasteiger charge is -2.12. The molecule has 6 nitrogen and oxygen atoms in total. The van der Waals surface area contributed by atoms with Crippen molar-refractivity contribution in [3.05, 3.63) is 77.0 Å². The van der Waals surface area contributed by atoms with Crippen LogP contribution in [0.25, 0.3) is 0 Å². The van der Waals surface area contributed by atoms with Crippen molar-refractivity contribution in [2.45, 2.75) is 9.79 Å². The molecule has 0 bridgehead atoms. The first-order valence-corrected chi connectivity index (χ1v) is 11.5. The molecule has 3 rings (SSSR count). The molecule has 0 aliphatic rings. The van der Waals surface area contributed by atoms with E-state index in [1.807, 2.05) is 0 Å². The van der Waals surface area contributed by atoms with Crippen LogP contribution in [0.4, 0.5) is 11.4 Å². The van der Waals surface area contributed by atoms with E-state index in [0.717, 1.165) is 4.90 Å². The largest absolute Gasteiger partial charge is 0.325 e. The first-order chi connectivity index (χ1) is 13.8. The maximum Gasteiger partial charge on any atom is 0.263 e. The first kappa shape index (κ1) is 21.4. The predicted molar refractivity (Wildman–Crippen MR) is 117 cm³/mol. The summed E-state index contributed by atoms with van der Waals surface area (Å²) in [6.07, 6.45) is 3.28. The molecule has 1 amide bonds. The van der Waals surface area contributed by atoms with E-state index in [1.54, 1.807) is 42.7 Å². The normalized spacial score (nSPS) is 11.1. The van der Waals surface area contributed by atoms with Gasteiger partial charge in [0.25, 0.3) is 10.0 Å². The molecule has 10 heteroatoms. The van der Waals surface area contributed by atoms with Crippen LogP contribution in [0.15, 0.2) is 76.8 Å². The number of nitrogens with zero attached hydrogens (tertiary/aromatic N) is 1. The summed E-state index contributed by atoms with van der Waals surface area (Å²) in [4.78, 5) is 16.9. The average Bonchev–Trinajstić information content (AvgIpc) is 2.70. The highest BCUT2D eigenvalue weighted by Crippen LogP contribution is 2.29. The molecular weight excluding hydrogens is 453 g/mol. The lowest BCUT2D eigenvalue weighted by atomic mass is 10.3. The van der Waals surface area contributed by atoms with Gasteiger partial charge in [-0.1, -0.05) is 35.3 Å². The third-order valence-electron chi connectivity index (χ3n) is 3.64. The standard InChI is InChI=1S/C19H15Cl2N3O3S2/c20-15-3-1-2-4-17(15)24-29(26,27)18-11-13(5-6-16(18)21)23-19(25)12-28-14-7-9-22-10-8-14/h1-11,24H,12H2,(H,23,25). The number of hydrogen-bond acceptors (Lipinski definition) is 5. The van der Waals surface area contributed by atoms with Crippen LogP contribution in [0, 0.1) is 0 Å². The van der Waals surface area contributed by atoms with Crippen LogP contribution in [-0.2, 0) is 14.8 Å². The molecule has 0 fully saturated rings. The van der Waals surface area contributed by atoms with Crippen molar-refractivity contribution >= 4 is 62.3 Å². The number of halogens is 2. The number of pyridine rings is 1. The molecule has 29 heavy (non-hydrogen) atoms. The highest BCUT2D eigenvalue weighted by atomic mass is 35.5. The van der Waals surface area contributed by atoms with Gasteiger partial charge in [-0.15, -0.1) is 11.8 Å². The first-order valence-electron chi connectivity index (χ1n) is 8.25. The van der Waals surface area contributed by atoms with E-state index in [0.29, 0.717) is 5.69 Å². The zero-order chi connectivity index (χ0) is 20.9. The molecule has 1 aromatic heterocycles. The lowest BCUT2D eigenvalue weighted by molar-refractivity contribution is -0.113. The van der Waals surface area contributed by atoms with Gasteiger partial charge in [-0.3, -0.25) is 14.5 Å². The summed E-state index contributed by atoms with van der Waals surface area (Å²) in [5.74, 6) is -0.122. The zero-order valence-corrected chi connectivity index (χ0v) is 17.9. The van der Waals surface area contributed by atoms with Crippen LogP contribution in [-0.4, -0.2) is 25.1 Å². The van der Waals surface area contributed by atoms with Crippen molar-refractivity contribution in [2.24, 2.45) is 0 Å². The Bertz CT molecular complexity index is 1130. The van der Waals surface area contributed by atoms with E-state index in [-0.39, 0.29) is 32.3 Å². The zero-order valence-electron chi connectivity index (χ0n) is 14.8. The molecule has 150 valence electrons. The van der Waals surface area contributed by atoms with Gasteiger partial charge >= 0.3 is 0 Å². The highest BCUT2D eigenvalue weighted by molar-refractivity contribution is 8.00. The third-order valence-corrected chi connectivity index (χ3v) is 6.83. The van der Waals surface area contributed by atoms with Crippen LogP contribution >= 0.6 is 35.0 Å². The Morgan fingerprint density at radius 2 is 1.72 bits per heavy atom. The fraction of sp³-hybridized carbons (Fsp3) is 0.0526. The summed E-state index contributed by atoms with van der Waals surface area (Å²) in [6.45, 7) is 0. The minimum Gasteiger partial charge on any atom is -0.325 e. The van der Waals surface area contributed by atoms with E-state index in [4.69, 9.17) is 23.2 Å². The van der Waals surface area contributed by atoms with E-state index in [9.17, 15) is 13.2 Å². The summed E-state index contributed by atoms with van der Waals surface area (Å²) >= 11 is 13.5. The number of amides is 1. The fourth-order valence-electron chi connectivity index (χ4n) is 2.31. The number of carbonyl (C=O) groups is 1. The number of hydrogen-bond donors (Lipinski definition) is 2. The Morgan fingerprint density at radius 3 is 2.45 bits per heavy atom. The number of nitrogens with one attached hydrogen (secondary N) is 2. The van der Waals surface area contributed by atoms with Gasteiger partial charge in [0.15, 0.2) is 0 Å². The number of aromatic nitrogens is 1. The van der Waals surface area contributed by atoms with Gasteiger partial charge in [-0.2, -0.15) is 0 Å². The van der Waals surface area contributed by atoms with Gasteiger partial charge in [0.1, 0.15) is 4.90 Å². The van der Waals surface area contributed by atoms with Crippen molar-refractivity contribution in [1.82, 2.24) is 4.98 Å². The summed E-state index contributed by atoms with van der Waals surface area (Å²) in [5, 5.41) is 2.95. The molecule has 2 aromatic carbocycles. The summed E-state index contributed by atoms with van der Waals surface area (Å²) in [6, 6.07) is 14.3. The maximum absolute atomic E-state index is 12.7. The molecule has 0 atom stereocenters. The number of sulfonamides is 1. The Kier molecular flexibility index (Phi) is 7.02. The van der Waals surface area contributed by atoms with Crippen molar-refractivity contribution in [3.8, 4) is 0 Å². The molecule has 0 aliphatic carbocycles. The Balaban J connectivity index is 1.73. The molecule has 0 unspecified atom stereocenters. The molecule has 0 saturated carbocycles. The second kappa shape index (κ2) is 9.49. The quantitative estimate of drug-likeness (QED) is 0.481. The highest BCUT2D eigenvalue weighted by Gasteiger charge is 2.20. The average molecular weight is 468 g/mol. The maximum atomic E-state index is 12.7. The van der Waals surface area contributed by atoms with Gasteiger partial charge in [-0.05, 0) is 42.5 Å². The second-order valence-corrected chi connectivity index (χ2v) is 9.26. The molecular formula is C19H15Cl2N3O3S2. The molecule has 0 saturated heterocycles. The van der Waals surface area contributed by atoms with Gasteiger partial charge in [0.2, 0.25) is 5.91 Å². The topological polar surface area (TPSA) is 88.2 Å². The van der Waals surface area contributed by atoms with Gasteiger partial charge in [-0.25, -0.2) is 8.42 Å². The number of para-hydroxylation sites is 1. The Morgan fingerprint density at radius 1 is 1.00 bits per heavy atom. The van der Waals surface area contributed by atoms with Crippen LogP contribution < -0.4 is 10.0 Å². The summed E-state index contributed by atoms with van der Waals surface area (Å²) in [7, 11) is -4.01. The SMILES string of the molecule is O=C(CSc1ccncc1)Nc1ccc(Cl)c(S(=O)(=O)Nc2ccccc2Cl)c1. The van der Waals surface area contributed by atoms with Gasteiger partial charge < -0.3 is 5.32 Å². The number of rotatable bonds is 7. The number of thioether (sulfide) groups is 1. The number of anilines is 2. The van der Waals surface area contributed by atoms with Crippen LogP contribution in [0.5, 0.6) is 0 Å². The van der Waals surface area contributed by atoms with Crippen LogP contribution in [0.3, 0.4) is 0 Å². The lowest BCUT2D eigenvalue weighted by Crippen LogP contribution is -2.16. The minimum absolute atomic E-state index is 0.0220. The van der Waals surface area contributed by atoms with E-state index < -0.39 is 10.0 Å². The molecule has 0 aliphatic heterocycles. The Labute approximate surface area is 182 Å². The van der Waals surface area contributed by atoms with Crippen LogP contribution in [0.1, 0.15) is 0 Å². The van der Waals surface area contributed by atoms with E-state index >= 15 is 0 Å².